The molecule has 2 heterocycles. The third-order valence-electron chi connectivity index (χ3n) is 4.88. The zero-order valence-corrected chi connectivity index (χ0v) is 16.9. The highest BCUT2D eigenvalue weighted by atomic mass is 79.9. The number of benzene rings is 2. The Labute approximate surface area is 171 Å². The number of carbonyl (C=O) groups excluding carboxylic acids is 1. The van der Waals surface area contributed by atoms with Crippen LogP contribution in [-0.4, -0.2) is 20.7 Å². The van der Waals surface area contributed by atoms with E-state index >= 15 is 0 Å². The van der Waals surface area contributed by atoms with Crippen LogP contribution in [0.1, 0.15) is 30.7 Å². The molecule has 7 heteroatoms. The van der Waals surface area contributed by atoms with E-state index in [9.17, 15) is 9.18 Å². The Morgan fingerprint density at radius 2 is 1.93 bits per heavy atom. The van der Waals surface area contributed by atoms with Crippen molar-refractivity contribution in [2.45, 2.75) is 38.6 Å². The highest BCUT2D eigenvalue weighted by Crippen LogP contribution is 2.27. The number of nitrogens with zero attached hydrogens (tertiary/aromatic N) is 3. The average molecular weight is 443 g/mol. The molecular formula is C21H20BrFN4O. The fourth-order valence-corrected chi connectivity index (χ4v) is 3.72. The fraction of sp³-hybridized carbons (Fsp3) is 0.286. The normalized spacial score (nSPS) is 13.6. The van der Waals surface area contributed by atoms with Gasteiger partial charge in [0.25, 0.3) is 0 Å². The number of rotatable bonds is 4. The van der Waals surface area contributed by atoms with Crippen molar-refractivity contribution in [3.05, 3.63) is 64.1 Å². The molecule has 0 fully saturated rings. The topological polar surface area (TPSA) is 59.8 Å². The van der Waals surface area contributed by atoms with Crippen molar-refractivity contribution in [3.8, 4) is 11.4 Å². The summed E-state index contributed by atoms with van der Waals surface area (Å²) >= 11 is 3.38. The van der Waals surface area contributed by atoms with Gasteiger partial charge in [-0.2, -0.15) is 0 Å². The summed E-state index contributed by atoms with van der Waals surface area (Å²) in [6.07, 6.45) is 4.35. The molecule has 28 heavy (non-hydrogen) atoms. The molecule has 1 amide bonds. The van der Waals surface area contributed by atoms with Gasteiger partial charge in [-0.15, -0.1) is 10.2 Å². The molecule has 0 saturated heterocycles. The number of hydrogen-bond donors (Lipinski definition) is 1. The molecule has 4 rings (SSSR count). The third kappa shape index (κ3) is 4.14. The van der Waals surface area contributed by atoms with Gasteiger partial charge in [0, 0.05) is 23.1 Å². The van der Waals surface area contributed by atoms with Gasteiger partial charge in [0.05, 0.1) is 12.0 Å². The minimum atomic E-state index is -0.370. The molecule has 0 spiro atoms. The lowest BCUT2D eigenvalue weighted by Crippen LogP contribution is -2.14. The number of nitrogens with one attached hydrogen (secondary N) is 1. The summed E-state index contributed by atoms with van der Waals surface area (Å²) in [6, 6.07) is 12.2. The summed E-state index contributed by atoms with van der Waals surface area (Å²) in [6.45, 7) is 0.789. The minimum absolute atomic E-state index is 0.153. The number of aromatic nitrogens is 3. The first-order valence-electron chi connectivity index (χ1n) is 9.36. The Balaban J connectivity index is 1.55. The SMILES string of the molecule is O=C(Cc1ccc(Br)cc1)Nc1ccc(F)c(-c2nnc3n2CCCCC3)c1. The van der Waals surface area contributed by atoms with E-state index in [1.807, 2.05) is 28.8 Å². The van der Waals surface area contributed by atoms with E-state index in [1.165, 1.54) is 6.07 Å². The maximum Gasteiger partial charge on any atom is 0.228 e. The van der Waals surface area contributed by atoms with Gasteiger partial charge in [0.1, 0.15) is 11.6 Å². The summed E-state index contributed by atoms with van der Waals surface area (Å²) in [5, 5.41) is 11.3. The van der Waals surface area contributed by atoms with Crippen molar-refractivity contribution in [2.24, 2.45) is 0 Å². The van der Waals surface area contributed by atoms with Crippen LogP contribution < -0.4 is 5.32 Å². The summed E-state index contributed by atoms with van der Waals surface area (Å²) in [4.78, 5) is 12.4. The van der Waals surface area contributed by atoms with Crippen LogP contribution in [-0.2, 0) is 24.2 Å². The Morgan fingerprint density at radius 3 is 2.75 bits per heavy atom. The van der Waals surface area contributed by atoms with Crippen LogP contribution in [0.25, 0.3) is 11.4 Å². The lowest BCUT2D eigenvalue weighted by Gasteiger charge is -2.10. The molecule has 1 N–H and O–H groups in total. The van der Waals surface area contributed by atoms with Crippen molar-refractivity contribution in [3.63, 3.8) is 0 Å². The zero-order chi connectivity index (χ0) is 19.5. The van der Waals surface area contributed by atoms with Gasteiger partial charge in [-0.25, -0.2) is 4.39 Å². The van der Waals surface area contributed by atoms with Gasteiger partial charge < -0.3 is 9.88 Å². The van der Waals surface area contributed by atoms with Crippen molar-refractivity contribution in [1.29, 1.82) is 0 Å². The number of carbonyl (C=O) groups is 1. The molecule has 0 saturated carbocycles. The maximum atomic E-state index is 14.5. The second-order valence-corrected chi connectivity index (χ2v) is 7.86. The molecule has 0 unspecified atom stereocenters. The second kappa shape index (κ2) is 8.22. The summed E-state index contributed by atoms with van der Waals surface area (Å²) in [5.74, 6) is 0.903. The Morgan fingerprint density at radius 1 is 1.11 bits per heavy atom. The van der Waals surface area contributed by atoms with Gasteiger partial charge in [-0.05, 0) is 48.7 Å². The summed E-state index contributed by atoms with van der Waals surface area (Å²) in [7, 11) is 0. The lowest BCUT2D eigenvalue weighted by atomic mass is 10.1. The van der Waals surface area contributed by atoms with Crippen LogP contribution in [0.2, 0.25) is 0 Å². The number of hydrogen-bond acceptors (Lipinski definition) is 3. The number of amides is 1. The predicted molar refractivity (Wildman–Crippen MR) is 109 cm³/mol. The minimum Gasteiger partial charge on any atom is -0.326 e. The smallest absolute Gasteiger partial charge is 0.228 e. The Hall–Kier alpha value is -2.54. The van der Waals surface area contributed by atoms with Gasteiger partial charge in [0.2, 0.25) is 5.91 Å². The van der Waals surface area contributed by atoms with Crippen LogP contribution >= 0.6 is 15.9 Å². The molecule has 1 aliphatic heterocycles. The Bertz CT molecular complexity index is 1000. The van der Waals surface area contributed by atoms with E-state index in [1.54, 1.807) is 12.1 Å². The van der Waals surface area contributed by atoms with Crippen molar-refractivity contribution in [2.75, 3.05) is 5.32 Å². The van der Waals surface area contributed by atoms with Gasteiger partial charge >= 0.3 is 0 Å². The standard InChI is InChI=1S/C21H20BrFN4O/c22-15-7-5-14(6-8-15)12-20(28)24-16-9-10-18(23)17(13-16)21-26-25-19-4-2-1-3-11-27(19)21/h5-10,13H,1-4,11-12H2,(H,24,28). The summed E-state index contributed by atoms with van der Waals surface area (Å²) < 4.78 is 17.5. The summed E-state index contributed by atoms with van der Waals surface area (Å²) in [5.41, 5.74) is 1.82. The van der Waals surface area contributed by atoms with Crippen molar-refractivity contribution < 1.29 is 9.18 Å². The van der Waals surface area contributed by atoms with Crippen molar-refractivity contribution in [1.82, 2.24) is 14.8 Å². The average Bonchev–Trinajstić information content (AvgIpc) is 2.93. The van der Waals surface area contributed by atoms with Gasteiger partial charge in [-0.3, -0.25) is 4.79 Å². The molecule has 0 atom stereocenters. The van der Waals surface area contributed by atoms with E-state index in [2.05, 4.69) is 31.4 Å². The van der Waals surface area contributed by atoms with Gasteiger partial charge in [-0.1, -0.05) is 34.5 Å². The Kier molecular flexibility index (Phi) is 5.52. The van der Waals surface area contributed by atoms with E-state index in [0.29, 0.717) is 17.1 Å². The third-order valence-corrected chi connectivity index (χ3v) is 5.41. The van der Waals surface area contributed by atoms with Crippen LogP contribution in [0.15, 0.2) is 46.9 Å². The fourth-order valence-electron chi connectivity index (χ4n) is 3.45. The quantitative estimate of drug-likeness (QED) is 0.633. The molecule has 0 bridgehead atoms. The van der Waals surface area contributed by atoms with Gasteiger partial charge in [0.15, 0.2) is 5.82 Å². The molecule has 1 aliphatic rings. The largest absolute Gasteiger partial charge is 0.326 e. The van der Waals surface area contributed by atoms with E-state index < -0.39 is 0 Å². The molecular weight excluding hydrogens is 423 g/mol. The maximum absolute atomic E-state index is 14.5. The highest BCUT2D eigenvalue weighted by molar-refractivity contribution is 9.10. The molecule has 0 radical (unpaired) electrons. The molecule has 1 aromatic heterocycles. The molecule has 3 aromatic rings. The van der Waals surface area contributed by atoms with Crippen molar-refractivity contribution >= 4 is 27.5 Å². The van der Waals surface area contributed by atoms with E-state index in [0.717, 1.165) is 48.1 Å². The second-order valence-electron chi connectivity index (χ2n) is 6.95. The number of aryl methyl sites for hydroxylation is 1. The first kappa shape index (κ1) is 18.8. The van der Waals surface area contributed by atoms with Crippen LogP contribution in [0.5, 0.6) is 0 Å². The first-order chi connectivity index (χ1) is 13.6. The first-order valence-corrected chi connectivity index (χ1v) is 10.2. The number of fused-ring (bicyclic) bond motifs is 1. The molecule has 144 valence electrons. The number of halogens is 2. The van der Waals surface area contributed by atoms with Crippen LogP contribution in [0.4, 0.5) is 10.1 Å². The predicted octanol–water partition coefficient (Wildman–Crippen LogP) is 4.75. The zero-order valence-electron chi connectivity index (χ0n) is 15.3. The molecule has 2 aromatic carbocycles. The number of anilines is 1. The lowest BCUT2D eigenvalue weighted by molar-refractivity contribution is -0.115. The van der Waals surface area contributed by atoms with Crippen LogP contribution in [0, 0.1) is 5.82 Å². The molecule has 0 aliphatic carbocycles. The monoisotopic (exact) mass is 442 g/mol. The molecule has 5 nitrogen and oxygen atoms in total. The van der Waals surface area contributed by atoms with Crippen LogP contribution in [0.3, 0.4) is 0 Å². The van der Waals surface area contributed by atoms with E-state index in [-0.39, 0.29) is 18.1 Å². The van der Waals surface area contributed by atoms with E-state index in [4.69, 9.17) is 0 Å². The highest BCUT2D eigenvalue weighted by Gasteiger charge is 2.19.